The highest BCUT2D eigenvalue weighted by Crippen LogP contribution is 2.43. The van der Waals surface area contributed by atoms with Crippen LogP contribution >= 0.6 is 7.14 Å². The van der Waals surface area contributed by atoms with Crippen LogP contribution in [0, 0.1) is 0 Å². The molecule has 6 rings (SSSR count). The predicted molar refractivity (Wildman–Crippen MR) is 141 cm³/mol. The number of aromatic amines is 1. The molecule has 0 radical (unpaired) electrons. The largest absolute Gasteiger partial charge is 0.419 e. The van der Waals surface area contributed by atoms with Crippen LogP contribution in [0.15, 0.2) is 30.6 Å². The Morgan fingerprint density at radius 3 is 2.73 bits per heavy atom. The lowest BCUT2D eigenvalue weighted by Crippen LogP contribution is -2.31. The quantitative estimate of drug-likeness (QED) is 0.370. The molecule has 1 saturated carbocycles. The van der Waals surface area contributed by atoms with Crippen molar-refractivity contribution in [2.75, 3.05) is 38.4 Å². The highest BCUT2D eigenvalue weighted by molar-refractivity contribution is 7.70. The second-order valence-electron chi connectivity index (χ2n) is 10.0. The second kappa shape index (κ2) is 10.2. The number of rotatable bonds is 1. The van der Waals surface area contributed by atoms with E-state index in [2.05, 4.69) is 25.6 Å². The molecule has 2 aromatic heterocycles. The topological polar surface area (TPSA) is 91.9 Å². The van der Waals surface area contributed by atoms with Gasteiger partial charge < -0.3 is 24.9 Å². The molecule has 1 aliphatic carbocycles. The molecule has 3 aromatic rings. The molecule has 198 valence electrons. The number of anilines is 1. The van der Waals surface area contributed by atoms with Crippen LogP contribution in [0.5, 0.6) is 0 Å². The van der Waals surface area contributed by atoms with E-state index in [0.717, 1.165) is 37.6 Å². The van der Waals surface area contributed by atoms with Crippen molar-refractivity contribution in [2.24, 2.45) is 0 Å². The lowest BCUT2D eigenvalue weighted by atomic mass is 10.0. The number of aromatic nitrogens is 3. The number of nitrogens with one attached hydrogen (secondary N) is 3. The molecular formula is C26H31F3N5O2P. The van der Waals surface area contributed by atoms with Gasteiger partial charge in [0.15, 0.2) is 0 Å². The maximum atomic E-state index is 14.0. The van der Waals surface area contributed by atoms with Gasteiger partial charge in [-0.25, -0.2) is 9.97 Å². The lowest BCUT2D eigenvalue weighted by Gasteiger charge is -2.17. The van der Waals surface area contributed by atoms with Gasteiger partial charge in [-0.05, 0) is 44.6 Å². The fourth-order valence-electron chi connectivity index (χ4n) is 5.25. The van der Waals surface area contributed by atoms with Crippen LogP contribution in [0.4, 0.5) is 19.1 Å². The normalized spacial score (nSPS) is 22.3. The smallest absolute Gasteiger partial charge is 0.380 e. The zero-order valence-corrected chi connectivity index (χ0v) is 21.8. The molecule has 2 aliphatic heterocycles. The van der Waals surface area contributed by atoms with Crippen molar-refractivity contribution >= 4 is 35.4 Å². The Bertz CT molecular complexity index is 1360. The average molecular weight is 534 g/mol. The molecule has 3 aliphatic rings. The zero-order valence-electron chi connectivity index (χ0n) is 20.9. The highest BCUT2D eigenvalue weighted by Gasteiger charge is 2.37. The van der Waals surface area contributed by atoms with Gasteiger partial charge in [0.05, 0.1) is 24.4 Å². The summed E-state index contributed by atoms with van der Waals surface area (Å²) in [5.74, 6) is 0.164. The van der Waals surface area contributed by atoms with Crippen LogP contribution < -0.4 is 15.9 Å². The third-order valence-corrected chi connectivity index (χ3v) is 8.48. The van der Waals surface area contributed by atoms with Crippen LogP contribution in [0.2, 0.25) is 0 Å². The number of ether oxygens (including phenoxy) is 1. The Morgan fingerprint density at radius 1 is 1.14 bits per heavy atom. The predicted octanol–water partition coefficient (Wildman–Crippen LogP) is 5.25. The number of alkyl halides is 3. The van der Waals surface area contributed by atoms with Crippen LogP contribution in [0.1, 0.15) is 36.8 Å². The van der Waals surface area contributed by atoms with Crippen molar-refractivity contribution in [1.82, 2.24) is 20.3 Å². The van der Waals surface area contributed by atoms with Gasteiger partial charge in [-0.15, -0.1) is 0 Å². The van der Waals surface area contributed by atoms with E-state index < -0.39 is 18.9 Å². The minimum atomic E-state index is -4.63. The summed E-state index contributed by atoms with van der Waals surface area (Å²) in [5.41, 5.74) is 0.511. The first-order valence-corrected chi connectivity index (χ1v) is 15.1. The third kappa shape index (κ3) is 5.61. The summed E-state index contributed by atoms with van der Waals surface area (Å²) < 4.78 is 61.2. The van der Waals surface area contributed by atoms with Crippen molar-refractivity contribution in [1.29, 1.82) is 0 Å². The number of hydrogen-bond acceptors (Lipinski definition) is 6. The van der Waals surface area contributed by atoms with E-state index in [1.807, 2.05) is 12.2 Å². The molecule has 0 unspecified atom stereocenters. The monoisotopic (exact) mass is 533 g/mol. The maximum Gasteiger partial charge on any atom is 0.419 e. The van der Waals surface area contributed by atoms with Gasteiger partial charge in [0.1, 0.15) is 12.7 Å². The lowest BCUT2D eigenvalue weighted by molar-refractivity contribution is -0.137. The van der Waals surface area contributed by atoms with Crippen LogP contribution in [-0.4, -0.2) is 60.1 Å². The first kappa shape index (κ1) is 25.9. The minimum absolute atomic E-state index is 0.0573. The standard InChI is InChI=1S/C26H31F3N5O2P/c1-37(2,35)24-16-5-3-4-11-36-12-10-30-17-7-8-18(13-17)33-25-32-15-21(26(27,28)29)22(34-25)20-14-31-23(24)19(20)9-6-16/h3,5-6,9,14-15,17-18,30-31H,4,7-8,10-13H2,1-2H3,(H,32,33,34)/b5-3-/t17-,18-/m0/s1. The van der Waals surface area contributed by atoms with Gasteiger partial charge in [0, 0.05) is 47.3 Å². The van der Waals surface area contributed by atoms with Crippen molar-refractivity contribution < 1.29 is 22.5 Å². The first-order valence-electron chi connectivity index (χ1n) is 12.5. The van der Waals surface area contributed by atoms with E-state index in [1.165, 1.54) is 6.20 Å². The molecule has 8 bridgehead atoms. The summed E-state index contributed by atoms with van der Waals surface area (Å²) in [6, 6.07) is 3.93. The first-order chi connectivity index (χ1) is 17.6. The Morgan fingerprint density at radius 2 is 1.95 bits per heavy atom. The summed E-state index contributed by atoms with van der Waals surface area (Å²) in [6.07, 6.45) is 4.95. The number of fused-ring (bicyclic) bond motifs is 7. The molecule has 37 heavy (non-hydrogen) atoms. The van der Waals surface area contributed by atoms with Crippen LogP contribution in [0.3, 0.4) is 0 Å². The van der Waals surface area contributed by atoms with E-state index in [-0.39, 0.29) is 17.7 Å². The van der Waals surface area contributed by atoms with Gasteiger partial charge in [0.2, 0.25) is 5.95 Å². The number of hydrogen-bond donors (Lipinski definition) is 3. The summed E-state index contributed by atoms with van der Waals surface area (Å²) in [6.45, 7) is 5.22. The summed E-state index contributed by atoms with van der Waals surface area (Å²) >= 11 is 0. The van der Waals surface area contributed by atoms with Crippen molar-refractivity contribution in [3.63, 3.8) is 0 Å². The van der Waals surface area contributed by atoms with E-state index in [4.69, 9.17) is 4.74 Å². The Kier molecular flexibility index (Phi) is 7.18. The molecule has 1 aromatic carbocycles. The molecule has 0 amide bonds. The molecule has 1 fully saturated rings. The van der Waals surface area contributed by atoms with E-state index >= 15 is 0 Å². The molecule has 0 saturated heterocycles. The van der Waals surface area contributed by atoms with E-state index in [0.29, 0.717) is 47.4 Å². The summed E-state index contributed by atoms with van der Waals surface area (Å²) in [4.78, 5) is 11.5. The van der Waals surface area contributed by atoms with Gasteiger partial charge >= 0.3 is 6.18 Å². The number of benzene rings is 1. The molecule has 2 atom stereocenters. The zero-order chi connectivity index (χ0) is 26.2. The average Bonchev–Trinajstić information content (AvgIpc) is 3.45. The molecular weight excluding hydrogens is 502 g/mol. The van der Waals surface area contributed by atoms with Crippen molar-refractivity contribution in [3.05, 3.63) is 41.7 Å². The van der Waals surface area contributed by atoms with E-state index in [9.17, 15) is 17.7 Å². The third-order valence-electron chi connectivity index (χ3n) is 6.92. The fraction of sp³-hybridized carbons (Fsp3) is 0.462. The molecule has 0 spiro atoms. The van der Waals surface area contributed by atoms with Crippen molar-refractivity contribution in [2.45, 2.75) is 43.9 Å². The molecule has 4 heterocycles. The fourth-order valence-corrected chi connectivity index (χ4v) is 6.75. The Hall–Kier alpha value is -2.68. The van der Waals surface area contributed by atoms with Gasteiger partial charge in [-0.1, -0.05) is 24.3 Å². The highest BCUT2D eigenvalue weighted by atomic mass is 31.2. The Labute approximate surface area is 213 Å². The Balaban J connectivity index is 1.66. The summed E-state index contributed by atoms with van der Waals surface area (Å²) in [5, 5.41) is 7.87. The summed E-state index contributed by atoms with van der Waals surface area (Å²) in [7, 11) is -2.80. The minimum Gasteiger partial charge on any atom is -0.380 e. The maximum absolute atomic E-state index is 14.0. The van der Waals surface area contributed by atoms with Crippen LogP contribution in [0.25, 0.3) is 28.2 Å². The van der Waals surface area contributed by atoms with Gasteiger partial charge in [-0.2, -0.15) is 13.2 Å². The molecule has 7 nitrogen and oxygen atoms in total. The molecule has 11 heteroatoms. The van der Waals surface area contributed by atoms with Gasteiger partial charge in [-0.3, -0.25) is 0 Å². The van der Waals surface area contributed by atoms with Gasteiger partial charge in [0.25, 0.3) is 0 Å². The van der Waals surface area contributed by atoms with E-state index in [1.54, 1.807) is 25.5 Å². The molecule has 3 N–H and O–H groups in total. The number of nitrogens with zero attached hydrogens (tertiary/aromatic N) is 2. The number of halogens is 3. The van der Waals surface area contributed by atoms with Crippen LogP contribution in [-0.2, 0) is 15.5 Å². The number of H-pyrrole nitrogens is 1. The SMILES string of the molecule is CP(C)(=O)c1c2ccc3c(c[nH]c13)-c1nc(ncc1C(F)(F)F)N[C@H]1CC[C@@H](C1)NCCOCC/C=C\2. The second-order valence-corrected chi connectivity index (χ2v) is 13.2. The van der Waals surface area contributed by atoms with Crippen molar-refractivity contribution in [3.8, 4) is 11.3 Å².